The van der Waals surface area contributed by atoms with Crippen molar-refractivity contribution in [1.29, 1.82) is 0 Å². The van der Waals surface area contributed by atoms with Crippen LogP contribution >= 0.6 is 0 Å². The van der Waals surface area contributed by atoms with Gasteiger partial charge >= 0.3 is 173 Å². The molecule has 1 aliphatic rings. The molecule has 1 fully saturated rings. The summed E-state index contributed by atoms with van der Waals surface area (Å²) in [5.74, 6) is 0. The topological polar surface area (TPSA) is 0 Å². The van der Waals surface area contributed by atoms with Crippen LogP contribution in [0.3, 0.4) is 0 Å². The summed E-state index contributed by atoms with van der Waals surface area (Å²) in [6, 6.07) is 22.7. The Bertz CT molecular complexity index is 553. The zero-order chi connectivity index (χ0) is 17.9. The van der Waals surface area contributed by atoms with Crippen molar-refractivity contribution in [3.8, 4) is 0 Å². The first-order valence-electron chi connectivity index (χ1n) is 10.3. The molecule has 2 aromatic rings. The van der Waals surface area contributed by atoms with E-state index in [1.807, 2.05) is 0 Å². The molecule has 0 nitrogen and oxygen atoms in total. The van der Waals surface area contributed by atoms with Gasteiger partial charge < -0.3 is 0 Å². The SMILES string of the molecule is c1ccc([Se]C2([Se]c3ccccc3)CCCCCCCCCCC2)cc1. The van der Waals surface area contributed by atoms with Gasteiger partial charge in [0.15, 0.2) is 0 Å². The monoisotopic (exact) mass is 480 g/mol. The Kier molecular flexibility index (Phi) is 8.83. The zero-order valence-electron chi connectivity index (χ0n) is 15.9. The molecule has 2 heteroatoms. The van der Waals surface area contributed by atoms with Crippen LogP contribution in [0.15, 0.2) is 60.7 Å². The van der Waals surface area contributed by atoms with Gasteiger partial charge in [-0.15, -0.1) is 0 Å². The fourth-order valence-electron chi connectivity index (χ4n) is 3.78. The summed E-state index contributed by atoms with van der Waals surface area (Å²) in [5.41, 5.74) is 0. The molecule has 0 heterocycles. The van der Waals surface area contributed by atoms with Crippen molar-refractivity contribution in [2.75, 3.05) is 0 Å². The van der Waals surface area contributed by atoms with E-state index in [4.69, 9.17) is 0 Å². The van der Waals surface area contributed by atoms with Crippen LogP contribution in [0.1, 0.15) is 70.6 Å². The second-order valence-electron chi connectivity index (χ2n) is 7.42. The number of hydrogen-bond acceptors (Lipinski definition) is 0. The second-order valence-corrected chi connectivity index (χ2v) is 14.8. The molecule has 1 saturated carbocycles. The summed E-state index contributed by atoms with van der Waals surface area (Å²) in [4.78, 5) is 0. The van der Waals surface area contributed by atoms with Gasteiger partial charge in [0, 0.05) is 0 Å². The Hall–Kier alpha value is -0.521. The standard InChI is InChI=1S/C24H32Se2/c1-2-4-6-14-20-24(21-15-7-5-3-1,25-22-16-10-8-11-17-22)26-23-18-12-9-13-19-23/h8-13,16-19H,1-7,14-15,20-21H2. The van der Waals surface area contributed by atoms with Gasteiger partial charge in [0.1, 0.15) is 0 Å². The molecule has 140 valence electrons. The summed E-state index contributed by atoms with van der Waals surface area (Å²) >= 11 is 1.16. The molecule has 0 aliphatic heterocycles. The van der Waals surface area contributed by atoms with E-state index in [-0.39, 0.29) is 0 Å². The minimum atomic E-state index is 0.557. The summed E-state index contributed by atoms with van der Waals surface area (Å²) in [6.45, 7) is 0. The van der Waals surface area contributed by atoms with E-state index in [9.17, 15) is 0 Å². The molecule has 3 rings (SSSR count). The molecule has 0 N–H and O–H groups in total. The Labute approximate surface area is 172 Å². The van der Waals surface area contributed by atoms with E-state index < -0.39 is 0 Å². The molecule has 0 spiro atoms. The third kappa shape index (κ3) is 6.90. The second kappa shape index (κ2) is 11.4. The van der Waals surface area contributed by atoms with Crippen molar-refractivity contribution >= 4 is 38.8 Å². The fraction of sp³-hybridized carbons (Fsp3) is 0.500. The fourth-order valence-corrected chi connectivity index (χ4v) is 11.5. The van der Waals surface area contributed by atoms with Gasteiger partial charge in [0.25, 0.3) is 0 Å². The molecule has 26 heavy (non-hydrogen) atoms. The quantitative estimate of drug-likeness (QED) is 0.512. The van der Waals surface area contributed by atoms with Gasteiger partial charge in [0.05, 0.1) is 0 Å². The Morgan fingerprint density at radius 1 is 0.462 bits per heavy atom. The van der Waals surface area contributed by atoms with Crippen molar-refractivity contribution in [2.45, 2.75) is 73.8 Å². The van der Waals surface area contributed by atoms with Crippen molar-refractivity contribution in [2.24, 2.45) is 0 Å². The Morgan fingerprint density at radius 3 is 1.19 bits per heavy atom. The summed E-state index contributed by atoms with van der Waals surface area (Å²) < 4.78 is 3.76. The Morgan fingerprint density at radius 2 is 0.808 bits per heavy atom. The van der Waals surface area contributed by atoms with Crippen molar-refractivity contribution < 1.29 is 0 Å². The number of hydrogen-bond donors (Lipinski definition) is 0. The molecule has 0 unspecified atom stereocenters. The predicted octanol–water partition coefficient (Wildman–Crippen LogP) is 5.47. The minimum absolute atomic E-state index is 0.557. The van der Waals surface area contributed by atoms with Crippen molar-refractivity contribution in [3.63, 3.8) is 0 Å². The van der Waals surface area contributed by atoms with E-state index in [2.05, 4.69) is 60.7 Å². The van der Waals surface area contributed by atoms with Gasteiger partial charge in [-0.2, -0.15) is 0 Å². The van der Waals surface area contributed by atoms with Gasteiger partial charge in [-0.05, 0) is 0 Å². The maximum absolute atomic E-state index is 2.37. The zero-order valence-corrected chi connectivity index (χ0v) is 19.3. The van der Waals surface area contributed by atoms with Crippen molar-refractivity contribution in [1.82, 2.24) is 0 Å². The van der Waals surface area contributed by atoms with Crippen LogP contribution in [0, 0.1) is 0 Å². The molecule has 0 saturated heterocycles. The van der Waals surface area contributed by atoms with Crippen LogP contribution in [0.4, 0.5) is 0 Å². The first-order chi connectivity index (χ1) is 12.9. The number of benzene rings is 2. The van der Waals surface area contributed by atoms with Crippen LogP contribution in [0.25, 0.3) is 0 Å². The van der Waals surface area contributed by atoms with E-state index in [1.165, 1.54) is 70.6 Å². The van der Waals surface area contributed by atoms with Gasteiger partial charge in [-0.3, -0.25) is 0 Å². The Balaban J connectivity index is 1.79. The predicted molar refractivity (Wildman–Crippen MR) is 117 cm³/mol. The average molecular weight is 478 g/mol. The maximum atomic E-state index is 2.37. The molecule has 0 atom stereocenters. The summed E-state index contributed by atoms with van der Waals surface area (Å²) in [6.07, 6.45) is 15.9. The van der Waals surface area contributed by atoms with Crippen LogP contribution in [-0.4, -0.2) is 29.9 Å². The van der Waals surface area contributed by atoms with E-state index >= 15 is 0 Å². The molecule has 0 bridgehead atoms. The van der Waals surface area contributed by atoms with Gasteiger partial charge in [-0.1, -0.05) is 0 Å². The van der Waals surface area contributed by atoms with Crippen LogP contribution < -0.4 is 8.92 Å². The first-order valence-corrected chi connectivity index (χ1v) is 13.8. The van der Waals surface area contributed by atoms with Crippen LogP contribution in [0.2, 0.25) is 3.21 Å². The molecule has 0 radical (unpaired) electrons. The van der Waals surface area contributed by atoms with E-state index in [1.54, 1.807) is 8.92 Å². The normalized spacial score (nSPS) is 19.2. The average Bonchev–Trinajstić information content (AvgIpc) is 2.66. The van der Waals surface area contributed by atoms with Gasteiger partial charge in [-0.25, -0.2) is 0 Å². The third-order valence-electron chi connectivity index (χ3n) is 5.21. The molecule has 0 aromatic heterocycles. The molecular weight excluding hydrogens is 446 g/mol. The molecule has 0 amide bonds. The van der Waals surface area contributed by atoms with E-state index in [0.29, 0.717) is 33.1 Å². The van der Waals surface area contributed by atoms with Crippen LogP contribution in [0.5, 0.6) is 0 Å². The third-order valence-corrected chi connectivity index (χ3v) is 12.4. The summed E-state index contributed by atoms with van der Waals surface area (Å²) in [5, 5.41) is 0. The molecular formula is C24H32Se2. The van der Waals surface area contributed by atoms with Gasteiger partial charge in [0.2, 0.25) is 0 Å². The van der Waals surface area contributed by atoms with Crippen molar-refractivity contribution in [3.05, 3.63) is 60.7 Å². The molecule has 2 aromatic carbocycles. The summed E-state index contributed by atoms with van der Waals surface area (Å²) in [7, 11) is 0. The molecule has 1 aliphatic carbocycles. The number of rotatable bonds is 4. The van der Waals surface area contributed by atoms with Crippen LogP contribution in [-0.2, 0) is 0 Å². The van der Waals surface area contributed by atoms with E-state index in [0.717, 1.165) is 0 Å². The first kappa shape index (κ1) is 20.2.